The van der Waals surface area contributed by atoms with Crippen LogP contribution in [-0.4, -0.2) is 49.3 Å². The summed E-state index contributed by atoms with van der Waals surface area (Å²) in [4.78, 5) is 5.76. The highest BCUT2D eigenvalue weighted by molar-refractivity contribution is 5.78. The van der Waals surface area contributed by atoms with Gasteiger partial charge in [-0.25, -0.2) is 0 Å². The van der Waals surface area contributed by atoms with Gasteiger partial charge in [0.05, 0.1) is 6.54 Å². The second-order valence-electron chi connectivity index (χ2n) is 5.84. The topological polar surface area (TPSA) is 53.6 Å². The van der Waals surface area contributed by atoms with Gasteiger partial charge in [-0.2, -0.15) is 13.2 Å². The molecule has 1 saturated heterocycles. The molecule has 124 valence electrons. The molecule has 0 radical (unpaired) electrons. The number of piperidine rings is 1. The molecule has 1 fully saturated rings. The monoisotopic (exact) mass is 308 g/mol. The van der Waals surface area contributed by atoms with Crippen LogP contribution in [0.4, 0.5) is 13.2 Å². The van der Waals surface area contributed by atoms with Gasteiger partial charge in [0.25, 0.3) is 0 Å². The molecule has 0 bridgehead atoms. The fourth-order valence-electron chi connectivity index (χ4n) is 2.45. The Balaban J connectivity index is 2.20. The molecule has 1 heterocycles. The van der Waals surface area contributed by atoms with Crippen LogP contribution >= 0.6 is 0 Å². The van der Waals surface area contributed by atoms with Crippen molar-refractivity contribution in [3.05, 3.63) is 0 Å². The Bertz CT molecular complexity index is 323. The van der Waals surface area contributed by atoms with Crippen LogP contribution in [0, 0.1) is 5.92 Å². The Labute approximate surface area is 125 Å². The van der Waals surface area contributed by atoms with E-state index in [0.717, 1.165) is 25.7 Å². The van der Waals surface area contributed by atoms with E-state index < -0.39 is 12.7 Å². The van der Waals surface area contributed by atoms with Crippen molar-refractivity contribution in [1.82, 2.24) is 10.2 Å². The fraction of sp³-hybridized carbons (Fsp3) is 0.929. The zero-order valence-electron chi connectivity index (χ0n) is 12.9. The van der Waals surface area contributed by atoms with Crippen molar-refractivity contribution >= 4 is 5.96 Å². The minimum Gasteiger partial charge on any atom is -0.370 e. The van der Waals surface area contributed by atoms with Crippen molar-refractivity contribution in [1.29, 1.82) is 0 Å². The summed E-state index contributed by atoms with van der Waals surface area (Å²) < 4.78 is 36.8. The molecule has 4 nitrogen and oxygen atoms in total. The van der Waals surface area contributed by atoms with Gasteiger partial charge >= 0.3 is 6.18 Å². The standard InChI is InChI=1S/C14H27F3N4/c1-3-11(2)20-13(18)19-7-4-12-5-8-21(9-6-12)10-14(15,16)17/h11-12H,3-10H2,1-2H3,(H3,18,19,20). The minimum absolute atomic E-state index is 0.305. The highest BCUT2D eigenvalue weighted by Crippen LogP contribution is 2.24. The molecule has 0 aliphatic carbocycles. The van der Waals surface area contributed by atoms with E-state index in [2.05, 4.69) is 17.2 Å². The smallest absolute Gasteiger partial charge is 0.370 e. The van der Waals surface area contributed by atoms with E-state index in [1.165, 1.54) is 4.90 Å². The quantitative estimate of drug-likeness (QED) is 0.585. The van der Waals surface area contributed by atoms with Crippen molar-refractivity contribution in [3.63, 3.8) is 0 Å². The van der Waals surface area contributed by atoms with Crippen molar-refractivity contribution in [3.8, 4) is 0 Å². The number of alkyl halides is 3. The molecule has 7 heteroatoms. The Hall–Kier alpha value is -0.980. The van der Waals surface area contributed by atoms with Gasteiger partial charge in [-0.15, -0.1) is 0 Å². The number of aliphatic imine (C=N–C) groups is 1. The molecule has 1 aliphatic heterocycles. The van der Waals surface area contributed by atoms with Gasteiger partial charge in [0, 0.05) is 12.6 Å². The van der Waals surface area contributed by atoms with E-state index in [1.54, 1.807) is 0 Å². The molecule has 1 rings (SSSR count). The van der Waals surface area contributed by atoms with Crippen molar-refractivity contribution in [2.75, 3.05) is 26.2 Å². The molecule has 21 heavy (non-hydrogen) atoms. The van der Waals surface area contributed by atoms with Crippen LogP contribution in [0.15, 0.2) is 4.99 Å². The summed E-state index contributed by atoms with van der Waals surface area (Å²) in [5, 5.41) is 3.09. The predicted octanol–water partition coefficient (Wildman–Crippen LogP) is 2.35. The molecule has 1 atom stereocenters. The number of guanidine groups is 1. The van der Waals surface area contributed by atoms with Gasteiger partial charge in [-0.05, 0) is 51.6 Å². The second kappa shape index (κ2) is 8.46. The lowest BCUT2D eigenvalue weighted by Crippen LogP contribution is -2.40. The highest BCUT2D eigenvalue weighted by atomic mass is 19.4. The highest BCUT2D eigenvalue weighted by Gasteiger charge is 2.32. The molecule has 0 spiro atoms. The first kappa shape index (κ1) is 18.1. The summed E-state index contributed by atoms with van der Waals surface area (Å²) in [5.74, 6) is 0.911. The van der Waals surface area contributed by atoms with E-state index in [1.807, 2.05) is 6.92 Å². The van der Waals surface area contributed by atoms with Crippen molar-refractivity contribution in [2.45, 2.75) is 51.7 Å². The number of hydrogen-bond donors (Lipinski definition) is 2. The molecular formula is C14H27F3N4. The molecule has 0 amide bonds. The van der Waals surface area contributed by atoms with Crippen LogP contribution in [0.25, 0.3) is 0 Å². The van der Waals surface area contributed by atoms with Crippen molar-refractivity contribution < 1.29 is 13.2 Å². The second-order valence-corrected chi connectivity index (χ2v) is 5.84. The molecule has 3 N–H and O–H groups in total. The maximum atomic E-state index is 12.3. The third-order valence-corrected chi connectivity index (χ3v) is 3.94. The number of nitrogens with one attached hydrogen (secondary N) is 1. The number of nitrogens with zero attached hydrogens (tertiary/aromatic N) is 2. The zero-order valence-corrected chi connectivity index (χ0v) is 12.9. The Kier molecular flexibility index (Phi) is 7.28. The van der Waals surface area contributed by atoms with Gasteiger partial charge in [-0.3, -0.25) is 9.89 Å². The molecule has 1 aliphatic rings. The lowest BCUT2D eigenvalue weighted by Gasteiger charge is -2.32. The van der Waals surface area contributed by atoms with Crippen molar-refractivity contribution in [2.24, 2.45) is 16.6 Å². The van der Waals surface area contributed by atoms with E-state index in [4.69, 9.17) is 5.73 Å². The van der Waals surface area contributed by atoms with Gasteiger partial charge in [0.15, 0.2) is 5.96 Å². The summed E-state index contributed by atoms with van der Waals surface area (Å²) in [6.07, 6.45) is -0.599. The van der Waals surface area contributed by atoms with Gasteiger partial charge < -0.3 is 11.1 Å². The van der Waals surface area contributed by atoms with Crippen LogP contribution < -0.4 is 11.1 Å². The van der Waals surface area contributed by atoms with Gasteiger partial charge in [0.2, 0.25) is 0 Å². The third kappa shape index (κ3) is 8.14. The van der Waals surface area contributed by atoms with Gasteiger partial charge in [0.1, 0.15) is 0 Å². The number of hydrogen-bond acceptors (Lipinski definition) is 2. The van der Waals surface area contributed by atoms with Crippen LogP contribution in [-0.2, 0) is 0 Å². The number of rotatable bonds is 6. The van der Waals surface area contributed by atoms with Crippen LogP contribution in [0.1, 0.15) is 39.5 Å². The van der Waals surface area contributed by atoms with E-state index in [9.17, 15) is 13.2 Å². The van der Waals surface area contributed by atoms with Crippen LogP contribution in [0.2, 0.25) is 0 Å². The molecule has 0 saturated carbocycles. The summed E-state index contributed by atoms with van der Waals surface area (Å²) in [6, 6.07) is 0.305. The molecule has 0 aromatic rings. The summed E-state index contributed by atoms with van der Waals surface area (Å²) >= 11 is 0. The predicted molar refractivity (Wildman–Crippen MR) is 79.2 cm³/mol. The number of halogens is 3. The first-order chi connectivity index (χ1) is 9.80. The lowest BCUT2D eigenvalue weighted by atomic mass is 9.93. The van der Waals surface area contributed by atoms with E-state index in [0.29, 0.717) is 37.6 Å². The average molecular weight is 308 g/mol. The fourth-order valence-corrected chi connectivity index (χ4v) is 2.45. The van der Waals surface area contributed by atoms with Crippen LogP contribution in [0.3, 0.4) is 0 Å². The van der Waals surface area contributed by atoms with Gasteiger partial charge in [-0.1, -0.05) is 6.92 Å². The molecule has 0 aromatic carbocycles. The van der Waals surface area contributed by atoms with Crippen LogP contribution in [0.5, 0.6) is 0 Å². The lowest BCUT2D eigenvalue weighted by molar-refractivity contribution is -0.148. The molecular weight excluding hydrogens is 281 g/mol. The van der Waals surface area contributed by atoms with E-state index in [-0.39, 0.29) is 0 Å². The normalized spacial score (nSPS) is 20.5. The first-order valence-corrected chi connectivity index (χ1v) is 7.65. The summed E-state index contributed by atoms with van der Waals surface area (Å²) in [5.41, 5.74) is 5.76. The maximum Gasteiger partial charge on any atom is 0.401 e. The molecule has 0 aromatic heterocycles. The Morgan fingerprint density at radius 3 is 2.52 bits per heavy atom. The Morgan fingerprint density at radius 2 is 2.00 bits per heavy atom. The SMILES string of the molecule is CCC(C)NC(N)=NCCC1CCN(CC(F)(F)F)CC1. The zero-order chi connectivity index (χ0) is 15.9. The number of nitrogens with two attached hydrogens (primary N) is 1. The Morgan fingerprint density at radius 1 is 1.38 bits per heavy atom. The largest absolute Gasteiger partial charge is 0.401 e. The first-order valence-electron chi connectivity index (χ1n) is 7.65. The summed E-state index contributed by atoms with van der Waals surface area (Å²) in [6.45, 7) is 5.00. The maximum absolute atomic E-state index is 12.3. The third-order valence-electron chi connectivity index (χ3n) is 3.94. The van der Waals surface area contributed by atoms with E-state index >= 15 is 0 Å². The summed E-state index contributed by atoms with van der Waals surface area (Å²) in [7, 11) is 0. The number of likely N-dealkylation sites (tertiary alicyclic amines) is 1. The molecule has 1 unspecified atom stereocenters. The average Bonchev–Trinajstić information content (AvgIpc) is 2.39. The minimum atomic E-state index is -4.09.